The van der Waals surface area contributed by atoms with Gasteiger partial charge in [-0.1, -0.05) is 6.42 Å². The van der Waals surface area contributed by atoms with Crippen LogP contribution < -0.4 is 5.32 Å². The molecule has 6 nitrogen and oxygen atoms in total. The first-order chi connectivity index (χ1) is 8.18. The van der Waals surface area contributed by atoms with Crippen LogP contribution >= 0.6 is 0 Å². The van der Waals surface area contributed by atoms with Crippen LogP contribution in [-0.4, -0.2) is 33.0 Å². The second-order valence-corrected chi connectivity index (χ2v) is 4.08. The Hall–Kier alpha value is -1.98. The summed E-state index contributed by atoms with van der Waals surface area (Å²) >= 11 is 0. The third kappa shape index (κ3) is 2.58. The van der Waals surface area contributed by atoms with Gasteiger partial charge in [0.2, 0.25) is 0 Å². The Kier molecular flexibility index (Phi) is 3.32. The summed E-state index contributed by atoms with van der Waals surface area (Å²) in [7, 11) is 0. The molecule has 0 unspecified atom stereocenters. The average molecular weight is 235 g/mol. The lowest BCUT2D eigenvalue weighted by atomic mass is 10.0. The minimum Gasteiger partial charge on any atom is -0.481 e. The number of hydrogen-bond acceptors (Lipinski definition) is 4. The number of hydrogen-bond donors (Lipinski definition) is 2. The first kappa shape index (κ1) is 11.5. The van der Waals surface area contributed by atoms with Gasteiger partial charge in [0.25, 0.3) is 5.91 Å². The number of carbonyl (C=O) groups is 2. The van der Waals surface area contributed by atoms with Crippen molar-refractivity contribution in [2.75, 3.05) is 0 Å². The Balaban J connectivity index is 2.02. The lowest BCUT2D eigenvalue weighted by molar-refractivity contribution is -0.142. The summed E-state index contributed by atoms with van der Waals surface area (Å²) in [6, 6.07) is -0.291. The van der Waals surface area contributed by atoms with Gasteiger partial charge >= 0.3 is 5.97 Å². The van der Waals surface area contributed by atoms with Crippen molar-refractivity contribution in [3.63, 3.8) is 0 Å². The fourth-order valence-electron chi connectivity index (χ4n) is 2.10. The highest BCUT2D eigenvalue weighted by Gasteiger charge is 2.33. The summed E-state index contributed by atoms with van der Waals surface area (Å²) in [6.45, 7) is 0. The zero-order valence-corrected chi connectivity index (χ0v) is 9.17. The second-order valence-electron chi connectivity index (χ2n) is 4.08. The van der Waals surface area contributed by atoms with E-state index in [9.17, 15) is 9.59 Å². The number of carboxylic acid groups (broad SMARTS) is 1. The molecule has 1 aromatic rings. The number of carboxylic acids is 1. The van der Waals surface area contributed by atoms with Crippen LogP contribution in [0.2, 0.25) is 0 Å². The highest BCUT2D eigenvalue weighted by molar-refractivity contribution is 5.94. The lowest BCUT2D eigenvalue weighted by Crippen LogP contribution is -2.40. The standard InChI is InChI=1S/C11H13N3O3/c15-10(7-4-12-6-13-5-7)14-9-3-1-2-8(9)11(16)17/h4-6,8-9H,1-3H2,(H,14,15)(H,16,17)/t8-,9+/m1/s1. The van der Waals surface area contributed by atoms with Crippen molar-refractivity contribution in [2.45, 2.75) is 25.3 Å². The number of aliphatic carboxylic acids is 1. The quantitative estimate of drug-likeness (QED) is 0.794. The monoisotopic (exact) mass is 235 g/mol. The molecule has 6 heteroatoms. The zero-order valence-electron chi connectivity index (χ0n) is 9.17. The molecule has 0 spiro atoms. The Morgan fingerprint density at radius 3 is 2.65 bits per heavy atom. The van der Waals surface area contributed by atoms with E-state index >= 15 is 0 Å². The summed E-state index contributed by atoms with van der Waals surface area (Å²) in [6.07, 6.45) is 6.31. The van der Waals surface area contributed by atoms with E-state index in [2.05, 4.69) is 15.3 Å². The van der Waals surface area contributed by atoms with E-state index in [4.69, 9.17) is 5.11 Å². The van der Waals surface area contributed by atoms with Crippen LogP contribution in [0.1, 0.15) is 29.6 Å². The van der Waals surface area contributed by atoms with Crippen molar-refractivity contribution < 1.29 is 14.7 Å². The Morgan fingerprint density at radius 1 is 1.29 bits per heavy atom. The van der Waals surface area contributed by atoms with Crippen LogP contribution in [-0.2, 0) is 4.79 Å². The predicted octanol–water partition coefficient (Wildman–Crippen LogP) is 0.460. The van der Waals surface area contributed by atoms with Crippen molar-refractivity contribution in [1.82, 2.24) is 15.3 Å². The van der Waals surface area contributed by atoms with Gasteiger partial charge < -0.3 is 10.4 Å². The van der Waals surface area contributed by atoms with Gasteiger partial charge in [0.15, 0.2) is 0 Å². The molecule has 1 aliphatic rings. The molecule has 2 N–H and O–H groups in total. The van der Waals surface area contributed by atoms with Crippen molar-refractivity contribution >= 4 is 11.9 Å². The molecule has 17 heavy (non-hydrogen) atoms. The van der Waals surface area contributed by atoms with Gasteiger partial charge in [-0.15, -0.1) is 0 Å². The Morgan fingerprint density at radius 2 is 2.00 bits per heavy atom. The van der Waals surface area contributed by atoms with Crippen LogP contribution in [0.3, 0.4) is 0 Å². The number of nitrogens with one attached hydrogen (secondary N) is 1. The minimum absolute atomic E-state index is 0.291. The Bertz CT molecular complexity index is 421. The SMILES string of the molecule is O=C(N[C@H]1CCC[C@H]1C(=O)O)c1cncnc1. The average Bonchev–Trinajstić information content (AvgIpc) is 2.78. The Labute approximate surface area is 98.1 Å². The molecule has 0 saturated heterocycles. The number of carbonyl (C=O) groups excluding carboxylic acids is 1. The molecular formula is C11H13N3O3. The maximum atomic E-state index is 11.8. The van der Waals surface area contributed by atoms with Crippen LogP contribution in [0.15, 0.2) is 18.7 Å². The van der Waals surface area contributed by atoms with Crippen molar-refractivity contribution in [3.05, 3.63) is 24.3 Å². The van der Waals surface area contributed by atoms with Gasteiger partial charge in [0.1, 0.15) is 6.33 Å². The first-order valence-electron chi connectivity index (χ1n) is 5.47. The van der Waals surface area contributed by atoms with Crippen molar-refractivity contribution in [1.29, 1.82) is 0 Å². The molecule has 0 aliphatic heterocycles. The molecule has 2 rings (SSSR count). The number of amides is 1. The van der Waals surface area contributed by atoms with E-state index in [-0.39, 0.29) is 11.9 Å². The lowest BCUT2D eigenvalue weighted by Gasteiger charge is -2.17. The molecule has 1 fully saturated rings. The molecule has 1 aliphatic carbocycles. The topological polar surface area (TPSA) is 92.2 Å². The molecule has 1 aromatic heterocycles. The molecular weight excluding hydrogens is 222 g/mol. The summed E-state index contributed by atoms with van der Waals surface area (Å²) in [5.41, 5.74) is 0.350. The van der Waals surface area contributed by atoms with Gasteiger partial charge in [-0.3, -0.25) is 9.59 Å². The number of aromatic nitrogens is 2. The van der Waals surface area contributed by atoms with Crippen LogP contribution in [0.25, 0.3) is 0 Å². The fourth-order valence-corrected chi connectivity index (χ4v) is 2.10. The minimum atomic E-state index is -0.850. The van der Waals surface area contributed by atoms with E-state index in [0.29, 0.717) is 18.4 Å². The first-order valence-corrected chi connectivity index (χ1v) is 5.47. The summed E-state index contributed by atoms with van der Waals surface area (Å²) in [5.74, 6) is -1.65. The molecule has 0 radical (unpaired) electrons. The maximum absolute atomic E-state index is 11.8. The fraction of sp³-hybridized carbons (Fsp3) is 0.455. The molecule has 0 aromatic carbocycles. The third-order valence-corrected chi connectivity index (χ3v) is 2.97. The van der Waals surface area contributed by atoms with Crippen LogP contribution in [0.4, 0.5) is 0 Å². The summed E-state index contributed by atoms with van der Waals surface area (Å²) < 4.78 is 0. The van der Waals surface area contributed by atoms with Gasteiger partial charge in [-0.2, -0.15) is 0 Å². The van der Waals surface area contributed by atoms with Gasteiger partial charge in [-0.25, -0.2) is 9.97 Å². The van der Waals surface area contributed by atoms with Gasteiger partial charge in [0.05, 0.1) is 11.5 Å². The van der Waals surface area contributed by atoms with E-state index in [1.165, 1.54) is 18.7 Å². The van der Waals surface area contributed by atoms with Crippen LogP contribution in [0, 0.1) is 5.92 Å². The number of nitrogens with zero attached hydrogens (tertiary/aromatic N) is 2. The van der Waals surface area contributed by atoms with Gasteiger partial charge in [0, 0.05) is 18.4 Å². The van der Waals surface area contributed by atoms with Crippen LogP contribution in [0.5, 0.6) is 0 Å². The van der Waals surface area contributed by atoms with E-state index < -0.39 is 11.9 Å². The van der Waals surface area contributed by atoms with Gasteiger partial charge in [-0.05, 0) is 12.8 Å². The number of rotatable bonds is 3. The largest absolute Gasteiger partial charge is 0.481 e. The highest BCUT2D eigenvalue weighted by atomic mass is 16.4. The second kappa shape index (κ2) is 4.90. The van der Waals surface area contributed by atoms with Crippen molar-refractivity contribution in [3.8, 4) is 0 Å². The maximum Gasteiger partial charge on any atom is 0.308 e. The smallest absolute Gasteiger partial charge is 0.308 e. The molecule has 90 valence electrons. The summed E-state index contributed by atoms with van der Waals surface area (Å²) in [4.78, 5) is 30.2. The highest BCUT2D eigenvalue weighted by Crippen LogP contribution is 2.25. The normalized spacial score (nSPS) is 23.3. The molecule has 1 heterocycles. The zero-order chi connectivity index (χ0) is 12.3. The molecule has 2 atom stereocenters. The van der Waals surface area contributed by atoms with E-state index in [1.54, 1.807) is 0 Å². The van der Waals surface area contributed by atoms with E-state index in [0.717, 1.165) is 6.42 Å². The predicted molar refractivity (Wildman–Crippen MR) is 58.3 cm³/mol. The van der Waals surface area contributed by atoms with E-state index in [1.807, 2.05) is 0 Å². The third-order valence-electron chi connectivity index (χ3n) is 2.97. The molecule has 1 saturated carbocycles. The van der Waals surface area contributed by atoms with Crippen molar-refractivity contribution in [2.24, 2.45) is 5.92 Å². The molecule has 0 bridgehead atoms. The summed E-state index contributed by atoms with van der Waals surface area (Å²) in [5, 5.41) is 11.7. The molecule has 1 amide bonds.